The molecule has 88 valence electrons. The number of nitriles is 1. The maximum atomic E-state index is 11.7. The minimum atomic E-state index is -0.722. The van der Waals surface area contributed by atoms with Gasteiger partial charge >= 0.3 is 0 Å². The summed E-state index contributed by atoms with van der Waals surface area (Å²) in [7, 11) is 0. The molecule has 1 fully saturated rings. The monoisotopic (exact) mass is 233 g/mol. The molecule has 1 aliphatic rings. The lowest BCUT2D eigenvalue weighted by molar-refractivity contribution is -0.136. The molecule has 1 atom stereocenters. The van der Waals surface area contributed by atoms with E-state index in [9.17, 15) is 9.59 Å². The first-order valence-corrected chi connectivity index (χ1v) is 5.18. The van der Waals surface area contributed by atoms with Gasteiger partial charge in [-0.2, -0.15) is 5.26 Å². The maximum Gasteiger partial charge on any atom is 0.235 e. The fraction of sp³-hybridized carbons (Fsp3) is 0.364. The molecule has 0 saturated carbocycles. The van der Waals surface area contributed by atoms with E-state index < -0.39 is 11.8 Å². The van der Waals surface area contributed by atoms with Crippen LogP contribution in [-0.2, 0) is 16.1 Å². The number of rotatable bonds is 3. The molecule has 1 saturated heterocycles. The lowest BCUT2D eigenvalue weighted by Gasteiger charge is -2.13. The molecule has 0 aliphatic carbocycles. The van der Waals surface area contributed by atoms with Crippen LogP contribution >= 0.6 is 0 Å². The Morgan fingerprint density at radius 3 is 2.94 bits per heavy atom. The fourth-order valence-corrected chi connectivity index (χ4v) is 1.87. The largest absolute Gasteiger partial charge is 0.449 e. The first-order chi connectivity index (χ1) is 8.11. The average molecular weight is 233 g/mol. The Bertz CT molecular complexity index is 500. The van der Waals surface area contributed by atoms with Crippen LogP contribution in [0.5, 0.6) is 0 Å². The normalized spacial score (nSPS) is 19.4. The quantitative estimate of drug-likeness (QED) is 0.741. The zero-order valence-corrected chi connectivity index (χ0v) is 9.05. The molecule has 0 radical (unpaired) electrons. The Kier molecular flexibility index (Phi) is 2.83. The van der Waals surface area contributed by atoms with Crippen LogP contribution in [0.1, 0.15) is 17.9 Å². The number of primary amides is 1. The molecule has 17 heavy (non-hydrogen) atoms. The van der Waals surface area contributed by atoms with Crippen molar-refractivity contribution in [3.63, 3.8) is 0 Å². The summed E-state index contributed by atoms with van der Waals surface area (Å²) in [6.45, 7) is 0.749. The number of nitrogens with two attached hydrogens (primary N) is 1. The molecule has 0 bridgehead atoms. The molecule has 2 heterocycles. The molecule has 1 aliphatic heterocycles. The van der Waals surface area contributed by atoms with Crippen LogP contribution in [0.25, 0.3) is 0 Å². The number of nitrogens with zero attached hydrogens (tertiary/aromatic N) is 2. The topological polar surface area (TPSA) is 100 Å². The van der Waals surface area contributed by atoms with E-state index in [0.29, 0.717) is 18.7 Å². The lowest BCUT2D eigenvalue weighted by Crippen LogP contribution is -2.33. The van der Waals surface area contributed by atoms with Crippen molar-refractivity contribution in [1.82, 2.24) is 4.90 Å². The van der Waals surface area contributed by atoms with Gasteiger partial charge < -0.3 is 15.1 Å². The second-order valence-electron chi connectivity index (χ2n) is 3.88. The zero-order chi connectivity index (χ0) is 12.4. The van der Waals surface area contributed by atoms with Crippen LogP contribution in [0.2, 0.25) is 0 Å². The highest BCUT2D eigenvalue weighted by Gasteiger charge is 2.35. The van der Waals surface area contributed by atoms with Crippen LogP contribution in [0.3, 0.4) is 0 Å². The number of hydrogen-bond acceptors (Lipinski definition) is 4. The van der Waals surface area contributed by atoms with E-state index in [1.54, 1.807) is 12.1 Å². The summed E-state index contributed by atoms with van der Waals surface area (Å²) in [5, 5.41) is 8.59. The molecule has 0 spiro atoms. The smallest absolute Gasteiger partial charge is 0.235 e. The van der Waals surface area contributed by atoms with Crippen molar-refractivity contribution in [3.8, 4) is 6.07 Å². The second kappa shape index (κ2) is 4.29. The van der Waals surface area contributed by atoms with Crippen molar-refractivity contribution in [3.05, 3.63) is 23.7 Å². The summed E-state index contributed by atoms with van der Waals surface area (Å²) in [6, 6.07) is 5.05. The Balaban J connectivity index is 2.04. The Labute approximate surface area is 97.6 Å². The van der Waals surface area contributed by atoms with Crippen molar-refractivity contribution in [2.24, 2.45) is 11.7 Å². The predicted octanol–water partition coefficient (Wildman–Crippen LogP) is -0.0149. The van der Waals surface area contributed by atoms with Gasteiger partial charge in [-0.1, -0.05) is 0 Å². The predicted molar refractivity (Wildman–Crippen MR) is 56.1 cm³/mol. The highest BCUT2D eigenvalue weighted by Crippen LogP contribution is 2.20. The van der Waals surface area contributed by atoms with Gasteiger partial charge in [0.2, 0.25) is 17.6 Å². The summed E-state index contributed by atoms with van der Waals surface area (Å²) >= 11 is 0. The van der Waals surface area contributed by atoms with Crippen LogP contribution in [-0.4, -0.2) is 23.3 Å². The zero-order valence-electron chi connectivity index (χ0n) is 9.05. The van der Waals surface area contributed by atoms with Gasteiger partial charge in [-0.25, -0.2) is 0 Å². The van der Waals surface area contributed by atoms with E-state index in [2.05, 4.69) is 0 Å². The SMILES string of the molecule is N#Cc1ccc(CN2CC[C@@H](C(N)=O)C2=O)o1. The van der Waals surface area contributed by atoms with Crippen LogP contribution in [0.15, 0.2) is 16.5 Å². The minimum absolute atomic E-state index is 0.207. The van der Waals surface area contributed by atoms with Gasteiger partial charge in [0.05, 0.1) is 6.54 Å². The molecule has 6 nitrogen and oxygen atoms in total. The third kappa shape index (κ3) is 2.13. The molecule has 6 heteroatoms. The van der Waals surface area contributed by atoms with Crippen molar-refractivity contribution < 1.29 is 14.0 Å². The van der Waals surface area contributed by atoms with Crippen molar-refractivity contribution in [2.75, 3.05) is 6.54 Å². The summed E-state index contributed by atoms with van der Waals surface area (Å²) in [4.78, 5) is 24.2. The summed E-state index contributed by atoms with van der Waals surface area (Å²) < 4.78 is 5.17. The molecule has 2 amide bonds. The van der Waals surface area contributed by atoms with E-state index in [-0.39, 0.29) is 18.2 Å². The Morgan fingerprint density at radius 2 is 2.41 bits per heavy atom. The molecular formula is C11H11N3O3. The molecule has 2 N–H and O–H groups in total. The van der Waals surface area contributed by atoms with Gasteiger partial charge in [0.25, 0.3) is 0 Å². The van der Waals surface area contributed by atoms with E-state index in [0.717, 1.165) is 0 Å². The number of amides is 2. The summed E-state index contributed by atoms with van der Waals surface area (Å²) in [6.07, 6.45) is 0.444. The van der Waals surface area contributed by atoms with Gasteiger partial charge in [-0.3, -0.25) is 9.59 Å². The maximum absolute atomic E-state index is 11.7. The number of likely N-dealkylation sites (tertiary alicyclic amines) is 1. The summed E-state index contributed by atoms with van der Waals surface area (Å²) in [5.74, 6) is -0.847. The van der Waals surface area contributed by atoms with Gasteiger partial charge in [-0.05, 0) is 18.6 Å². The molecule has 0 aromatic carbocycles. The van der Waals surface area contributed by atoms with Crippen molar-refractivity contribution in [2.45, 2.75) is 13.0 Å². The first kappa shape index (κ1) is 11.2. The Morgan fingerprint density at radius 1 is 1.65 bits per heavy atom. The van der Waals surface area contributed by atoms with Crippen LogP contribution < -0.4 is 5.73 Å². The second-order valence-corrected chi connectivity index (χ2v) is 3.88. The third-order valence-corrected chi connectivity index (χ3v) is 2.76. The summed E-state index contributed by atoms with van der Waals surface area (Å²) in [5.41, 5.74) is 5.12. The molecule has 1 aromatic rings. The minimum Gasteiger partial charge on any atom is -0.449 e. The van der Waals surface area contributed by atoms with Gasteiger partial charge in [0.1, 0.15) is 17.7 Å². The third-order valence-electron chi connectivity index (χ3n) is 2.76. The van der Waals surface area contributed by atoms with E-state index in [4.69, 9.17) is 15.4 Å². The molecule has 2 rings (SSSR count). The van der Waals surface area contributed by atoms with Gasteiger partial charge in [0.15, 0.2) is 0 Å². The lowest BCUT2D eigenvalue weighted by atomic mass is 10.1. The fourth-order valence-electron chi connectivity index (χ4n) is 1.87. The van der Waals surface area contributed by atoms with Crippen molar-refractivity contribution in [1.29, 1.82) is 5.26 Å². The highest BCUT2D eigenvalue weighted by atomic mass is 16.3. The van der Waals surface area contributed by atoms with Gasteiger partial charge in [0, 0.05) is 6.54 Å². The van der Waals surface area contributed by atoms with Crippen LogP contribution in [0, 0.1) is 17.2 Å². The van der Waals surface area contributed by atoms with E-state index in [1.165, 1.54) is 4.90 Å². The number of carbonyl (C=O) groups is 2. The standard InChI is InChI=1S/C11H11N3O3/c12-5-7-1-2-8(17-7)6-14-4-3-9(10(13)15)11(14)16/h1-2,9H,3-4,6H2,(H2,13,15)/t9-/m0/s1. The van der Waals surface area contributed by atoms with E-state index in [1.807, 2.05) is 6.07 Å². The molecule has 0 unspecified atom stereocenters. The first-order valence-electron chi connectivity index (χ1n) is 5.18. The highest BCUT2D eigenvalue weighted by molar-refractivity contribution is 6.00. The number of furan rings is 1. The van der Waals surface area contributed by atoms with Gasteiger partial charge in [-0.15, -0.1) is 0 Å². The number of hydrogen-bond donors (Lipinski definition) is 1. The molecule has 1 aromatic heterocycles. The van der Waals surface area contributed by atoms with Crippen molar-refractivity contribution >= 4 is 11.8 Å². The number of carbonyl (C=O) groups excluding carboxylic acids is 2. The Hall–Kier alpha value is -2.29. The van der Waals surface area contributed by atoms with E-state index >= 15 is 0 Å². The molecular weight excluding hydrogens is 222 g/mol. The average Bonchev–Trinajstić information content (AvgIpc) is 2.87. The van der Waals surface area contributed by atoms with Crippen LogP contribution in [0.4, 0.5) is 0 Å².